The van der Waals surface area contributed by atoms with Gasteiger partial charge in [0.1, 0.15) is 5.82 Å². The Kier molecular flexibility index (Phi) is 5.72. The summed E-state index contributed by atoms with van der Waals surface area (Å²) in [7, 11) is 0. The first-order valence-corrected chi connectivity index (χ1v) is 6.35. The van der Waals surface area contributed by atoms with Crippen molar-refractivity contribution in [3.63, 3.8) is 0 Å². The molecule has 3 N–H and O–H groups in total. The van der Waals surface area contributed by atoms with Gasteiger partial charge in [-0.25, -0.2) is 4.39 Å². The van der Waals surface area contributed by atoms with Crippen LogP contribution >= 0.6 is 0 Å². The van der Waals surface area contributed by atoms with Crippen molar-refractivity contribution in [3.05, 3.63) is 35.1 Å². The molecular formula is C14H23FN2O. The lowest BCUT2D eigenvalue weighted by atomic mass is 9.91. The highest BCUT2D eigenvalue weighted by Gasteiger charge is 2.26. The van der Waals surface area contributed by atoms with E-state index in [1.165, 1.54) is 12.1 Å². The molecule has 0 heterocycles. The van der Waals surface area contributed by atoms with E-state index in [1.807, 2.05) is 13.8 Å². The van der Waals surface area contributed by atoms with Crippen molar-refractivity contribution in [2.75, 3.05) is 6.61 Å². The van der Waals surface area contributed by atoms with E-state index in [0.717, 1.165) is 11.1 Å². The Hall–Kier alpha value is -0.970. The molecule has 0 fully saturated rings. The fourth-order valence-corrected chi connectivity index (χ4v) is 2.22. The molecule has 0 amide bonds. The van der Waals surface area contributed by atoms with Gasteiger partial charge < -0.3 is 4.74 Å². The van der Waals surface area contributed by atoms with Gasteiger partial charge in [0, 0.05) is 6.61 Å². The van der Waals surface area contributed by atoms with Crippen LogP contribution < -0.4 is 11.3 Å². The molecule has 4 heteroatoms. The van der Waals surface area contributed by atoms with Gasteiger partial charge in [0.15, 0.2) is 0 Å². The average Bonchev–Trinajstić information content (AvgIpc) is 2.31. The quantitative estimate of drug-likeness (QED) is 0.606. The van der Waals surface area contributed by atoms with E-state index >= 15 is 0 Å². The van der Waals surface area contributed by atoms with Crippen LogP contribution in [0.15, 0.2) is 18.2 Å². The maximum atomic E-state index is 13.1. The summed E-state index contributed by atoms with van der Waals surface area (Å²) in [4.78, 5) is 0. The van der Waals surface area contributed by atoms with Crippen LogP contribution in [0, 0.1) is 18.7 Å². The number of ether oxygens (including phenoxy) is 1. The fourth-order valence-electron chi connectivity index (χ4n) is 2.22. The Balaban J connectivity index is 3.06. The minimum absolute atomic E-state index is 0.0378. The zero-order valence-corrected chi connectivity index (χ0v) is 11.5. The number of benzene rings is 1. The number of rotatable bonds is 6. The number of halogens is 1. The monoisotopic (exact) mass is 254 g/mol. The third-order valence-electron chi connectivity index (χ3n) is 3.09. The summed E-state index contributed by atoms with van der Waals surface area (Å²) in [6, 6.07) is 4.60. The molecule has 1 aromatic rings. The molecule has 0 bridgehead atoms. The second-order valence-corrected chi connectivity index (χ2v) is 4.81. The Morgan fingerprint density at radius 3 is 2.50 bits per heavy atom. The topological polar surface area (TPSA) is 47.3 Å². The molecule has 0 saturated heterocycles. The van der Waals surface area contributed by atoms with Crippen molar-refractivity contribution >= 4 is 0 Å². The number of nitrogens with one attached hydrogen (secondary N) is 1. The summed E-state index contributed by atoms with van der Waals surface area (Å²) < 4.78 is 18.9. The van der Waals surface area contributed by atoms with Crippen molar-refractivity contribution in [3.8, 4) is 0 Å². The lowest BCUT2D eigenvalue weighted by molar-refractivity contribution is 0.00261. The Morgan fingerprint density at radius 1 is 1.39 bits per heavy atom. The number of hydrazine groups is 1. The molecule has 3 nitrogen and oxygen atoms in total. The third kappa shape index (κ3) is 3.51. The van der Waals surface area contributed by atoms with E-state index in [2.05, 4.69) is 19.3 Å². The van der Waals surface area contributed by atoms with Crippen molar-refractivity contribution < 1.29 is 9.13 Å². The molecule has 0 aliphatic carbocycles. The molecule has 0 aliphatic rings. The van der Waals surface area contributed by atoms with Crippen LogP contribution in [0.3, 0.4) is 0 Å². The third-order valence-corrected chi connectivity index (χ3v) is 3.09. The van der Waals surface area contributed by atoms with E-state index in [0.29, 0.717) is 12.5 Å². The first-order chi connectivity index (χ1) is 8.51. The summed E-state index contributed by atoms with van der Waals surface area (Å²) in [6.07, 6.45) is -0.0378. The standard InChI is InChI=1S/C14H23FN2O/c1-5-18-14(9(2)3)13(17-16)12-7-6-11(15)8-10(12)4/h6-9,13-14,17H,5,16H2,1-4H3. The van der Waals surface area contributed by atoms with Crippen molar-refractivity contribution in [1.29, 1.82) is 0 Å². The summed E-state index contributed by atoms with van der Waals surface area (Å²) in [5.41, 5.74) is 4.65. The summed E-state index contributed by atoms with van der Waals surface area (Å²) in [6.45, 7) is 8.64. The lowest BCUT2D eigenvalue weighted by Gasteiger charge is -2.30. The van der Waals surface area contributed by atoms with Gasteiger partial charge >= 0.3 is 0 Å². The molecule has 0 spiro atoms. The van der Waals surface area contributed by atoms with Gasteiger partial charge in [-0.3, -0.25) is 11.3 Å². The first kappa shape index (κ1) is 15.1. The Labute approximate surface area is 108 Å². The van der Waals surface area contributed by atoms with Gasteiger partial charge in [-0.05, 0) is 43.0 Å². The second-order valence-electron chi connectivity index (χ2n) is 4.81. The number of hydrogen-bond acceptors (Lipinski definition) is 3. The second kappa shape index (κ2) is 6.83. The molecule has 0 radical (unpaired) electrons. The van der Waals surface area contributed by atoms with Crippen molar-refractivity contribution in [2.45, 2.75) is 39.8 Å². The van der Waals surface area contributed by atoms with Gasteiger partial charge in [0.05, 0.1) is 12.1 Å². The van der Waals surface area contributed by atoms with E-state index in [-0.39, 0.29) is 18.0 Å². The maximum absolute atomic E-state index is 13.1. The SMILES string of the molecule is CCOC(C(C)C)C(NN)c1ccc(F)cc1C. The molecule has 1 aromatic carbocycles. The van der Waals surface area contributed by atoms with E-state index in [4.69, 9.17) is 10.6 Å². The molecule has 0 saturated carbocycles. The summed E-state index contributed by atoms with van der Waals surface area (Å²) in [5, 5.41) is 0. The zero-order valence-electron chi connectivity index (χ0n) is 11.5. The molecule has 0 aliphatic heterocycles. The molecule has 1 rings (SSSR count). The Bertz CT molecular complexity index is 382. The molecule has 102 valence electrons. The minimum atomic E-state index is -0.232. The smallest absolute Gasteiger partial charge is 0.123 e. The van der Waals surface area contributed by atoms with Crippen LogP contribution in [-0.2, 0) is 4.74 Å². The number of nitrogens with two attached hydrogens (primary N) is 1. The molecule has 0 aromatic heterocycles. The van der Waals surface area contributed by atoms with Crippen LogP contribution in [0.25, 0.3) is 0 Å². The lowest BCUT2D eigenvalue weighted by Crippen LogP contribution is -2.41. The highest BCUT2D eigenvalue weighted by Crippen LogP contribution is 2.27. The largest absolute Gasteiger partial charge is 0.376 e. The van der Waals surface area contributed by atoms with Gasteiger partial charge in [-0.15, -0.1) is 0 Å². The predicted molar refractivity (Wildman–Crippen MR) is 71.5 cm³/mol. The van der Waals surface area contributed by atoms with E-state index < -0.39 is 0 Å². The van der Waals surface area contributed by atoms with Crippen LogP contribution in [0.1, 0.15) is 37.9 Å². The van der Waals surface area contributed by atoms with Gasteiger partial charge in [0.2, 0.25) is 0 Å². The van der Waals surface area contributed by atoms with Crippen LogP contribution in [-0.4, -0.2) is 12.7 Å². The molecular weight excluding hydrogens is 231 g/mol. The summed E-state index contributed by atoms with van der Waals surface area (Å²) >= 11 is 0. The van der Waals surface area contributed by atoms with Crippen molar-refractivity contribution in [1.82, 2.24) is 5.43 Å². The zero-order chi connectivity index (χ0) is 13.7. The average molecular weight is 254 g/mol. The van der Waals surface area contributed by atoms with Gasteiger partial charge in [0.25, 0.3) is 0 Å². The molecule has 2 atom stereocenters. The Morgan fingerprint density at radius 2 is 2.06 bits per heavy atom. The van der Waals surface area contributed by atoms with Crippen LogP contribution in [0.4, 0.5) is 4.39 Å². The highest BCUT2D eigenvalue weighted by atomic mass is 19.1. The minimum Gasteiger partial charge on any atom is -0.376 e. The van der Waals surface area contributed by atoms with Crippen LogP contribution in [0.2, 0.25) is 0 Å². The number of hydrogen-bond donors (Lipinski definition) is 2. The summed E-state index contributed by atoms with van der Waals surface area (Å²) in [5.74, 6) is 5.74. The molecule has 2 unspecified atom stereocenters. The van der Waals surface area contributed by atoms with Gasteiger partial charge in [-0.1, -0.05) is 19.9 Å². The normalized spacial score (nSPS) is 14.8. The molecule has 18 heavy (non-hydrogen) atoms. The van der Waals surface area contributed by atoms with E-state index in [9.17, 15) is 4.39 Å². The van der Waals surface area contributed by atoms with Crippen molar-refractivity contribution in [2.24, 2.45) is 11.8 Å². The van der Waals surface area contributed by atoms with E-state index in [1.54, 1.807) is 6.07 Å². The van der Waals surface area contributed by atoms with Gasteiger partial charge in [-0.2, -0.15) is 0 Å². The highest BCUT2D eigenvalue weighted by molar-refractivity contribution is 5.30. The first-order valence-electron chi connectivity index (χ1n) is 6.35. The number of aryl methyl sites for hydroxylation is 1. The maximum Gasteiger partial charge on any atom is 0.123 e. The fraction of sp³-hybridized carbons (Fsp3) is 0.571. The van der Waals surface area contributed by atoms with Crippen LogP contribution in [0.5, 0.6) is 0 Å². The predicted octanol–water partition coefficient (Wildman–Crippen LogP) is 2.70.